The van der Waals surface area contributed by atoms with E-state index in [0.717, 1.165) is 29.0 Å². The van der Waals surface area contributed by atoms with Crippen molar-refractivity contribution in [1.82, 2.24) is 14.1 Å². The van der Waals surface area contributed by atoms with Gasteiger partial charge in [0.2, 0.25) is 0 Å². The van der Waals surface area contributed by atoms with E-state index in [4.69, 9.17) is 21.6 Å². The molecule has 4 aromatic rings. The maximum absolute atomic E-state index is 14.9. The van der Waals surface area contributed by atoms with E-state index in [1.807, 2.05) is 0 Å². The number of pyridine rings is 1. The molecule has 6 N–H and O–H groups in total. The van der Waals surface area contributed by atoms with Crippen molar-refractivity contribution in [3.8, 4) is 17.2 Å². The van der Waals surface area contributed by atoms with E-state index in [9.17, 15) is 23.2 Å². The lowest BCUT2D eigenvalue weighted by molar-refractivity contribution is 0.102. The van der Waals surface area contributed by atoms with Gasteiger partial charge in [-0.15, -0.1) is 0 Å². The van der Waals surface area contributed by atoms with Crippen LogP contribution in [-0.2, 0) is 0 Å². The molecule has 0 aliphatic heterocycles. The van der Waals surface area contributed by atoms with E-state index in [-0.39, 0.29) is 34.3 Å². The first-order valence-corrected chi connectivity index (χ1v) is 11.5. The summed E-state index contributed by atoms with van der Waals surface area (Å²) in [4.78, 5) is 43.1. The van der Waals surface area contributed by atoms with Crippen LogP contribution in [0.3, 0.4) is 0 Å². The zero-order valence-electron chi connectivity index (χ0n) is 20.7. The van der Waals surface area contributed by atoms with Crippen LogP contribution < -0.4 is 32.8 Å². The second kappa shape index (κ2) is 10.6. The number of halogens is 2. The smallest absolute Gasteiger partial charge is 0.335 e. The van der Waals surface area contributed by atoms with Gasteiger partial charge in [-0.3, -0.25) is 19.6 Å². The first-order chi connectivity index (χ1) is 18.5. The maximum atomic E-state index is 14.9. The van der Waals surface area contributed by atoms with Crippen LogP contribution in [-0.4, -0.2) is 25.9 Å². The van der Waals surface area contributed by atoms with Crippen molar-refractivity contribution in [3.63, 3.8) is 0 Å². The van der Waals surface area contributed by atoms with Gasteiger partial charge < -0.3 is 21.5 Å². The molecular weight excluding hydrogens is 512 g/mol. The number of amidine groups is 1. The molecule has 0 saturated carbocycles. The van der Waals surface area contributed by atoms with Gasteiger partial charge in [0, 0.05) is 36.3 Å². The van der Waals surface area contributed by atoms with E-state index in [1.54, 1.807) is 13.8 Å². The van der Waals surface area contributed by atoms with Crippen molar-refractivity contribution in [2.24, 2.45) is 5.73 Å². The van der Waals surface area contributed by atoms with E-state index in [1.165, 1.54) is 41.1 Å². The molecule has 2 heterocycles. The monoisotopic (exact) mass is 535 g/mol. The van der Waals surface area contributed by atoms with Gasteiger partial charge in [-0.25, -0.2) is 23.1 Å². The Bertz CT molecular complexity index is 1710. The largest absolute Gasteiger partial charge is 0.453 e. The van der Waals surface area contributed by atoms with Crippen LogP contribution in [0.2, 0.25) is 0 Å². The summed E-state index contributed by atoms with van der Waals surface area (Å²) in [5, 5.41) is 10.1. The predicted molar refractivity (Wildman–Crippen MR) is 141 cm³/mol. The average Bonchev–Trinajstić information content (AvgIpc) is 2.86. The summed E-state index contributed by atoms with van der Waals surface area (Å²) in [5.74, 6) is -3.10. The van der Waals surface area contributed by atoms with Crippen molar-refractivity contribution in [2.75, 3.05) is 11.1 Å². The summed E-state index contributed by atoms with van der Waals surface area (Å²) in [7, 11) is 0. The molecule has 1 amide bonds. The first kappa shape index (κ1) is 26.7. The van der Waals surface area contributed by atoms with Gasteiger partial charge in [-0.1, -0.05) is 0 Å². The van der Waals surface area contributed by atoms with Gasteiger partial charge in [0.25, 0.3) is 11.5 Å². The fourth-order valence-corrected chi connectivity index (χ4v) is 3.71. The minimum Gasteiger partial charge on any atom is -0.453 e. The van der Waals surface area contributed by atoms with Gasteiger partial charge in [-0.05, 0) is 50.2 Å². The molecule has 0 bridgehead atoms. The summed E-state index contributed by atoms with van der Waals surface area (Å²) < 4.78 is 35.8. The minimum absolute atomic E-state index is 0.00275. The zero-order valence-corrected chi connectivity index (χ0v) is 20.7. The summed E-state index contributed by atoms with van der Waals surface area (Å²) in [6.07, 6.45) is 2.43. The highest BCUT2D eigenvalue weighted by molar-refractivity contribution is 6.04. The number of ether oxygens (including phenoxy) is 1. The Balaban J connectivity index is 1.67. The summed E-state index contributed by atoms with van der Waals surface area (Å²) in [6.45, 7) is 3.37. The molecule has 39 heavy (non-hydrogen) atoms. The zero-order chi connectivity index (χ0) is 28.4. The van der Waals surface area contributed by atoms with Crippen molar-refractivity contribution in [2.45, 2.75) is 19.9 Å². The fourth-order valence-electron chi connectivity index (χ4n) is 3.71. The molecular formula is C26H23F2N7O4. The second-order valence-electron chi connectivity index (χ2n) is 8.63. The number of hydrogen-bond donors (Lipinski definition) is 4. The summed E-state index contributed by atoms with van der Waals surface area (Å²) >= 11 is 0. The number of amides is 1. The topological polar surface area (TPSA) is 171 Å². The quantitative estimate of drug-likeness (QED) is 0.208. The molecule has 0 fully saturated rings. The van der Waals surface area contributed by atoms with Crippen LogP contribution in [0.15, 0.2) is 70.5 Å². The van der Waals surface area contributed by atoms with Crippen LogP contribution >= 0.6 is 0 Å². The molecule has 2 aromatic heterocycles. The SMILES string of the molecule is CC(C)n1cc(C(=O)Nc2ccc(Oc3ccnc(N)c3C(=N)N)c(F)c2)c(=O)n(-c2ccc(F)cc2)c1=O. The van der Waals surface area contributed by atoms with Crippen molar-refractivity contribution in [3.05, 3.63) is 105 Å². The van der Waals surface area contributed by atoms with Crippen molar-refractivity contribution in [1.29, 1.82) is 5.41 Å². The molecule has 0 aliphatic rings. The number of anilines is 2. The third-order valence-corrected chi connectivity index (χ3v) is 5.62. The van der Waals surface area contributed by atoms with Crippen LogP contribution in [0, 0.1) is 17.0 Å². The number of nitrogens with zero attached hydrogens (tertiary/aromatic N) is 3. The predicted octanol–water partition coefficient (Wildman–Crippen LogP) is 3.16. The molecule has 0 saturated heterocycles. The summed E-state index contributed by atoms with van der Waals surface area (Å²) in [5.41, 5.74) is 9.26. The highest BCUT2D eigenvalue weighted by Crippen LogP contribution is 2.30. The molecule has 0 atom stereocenters. The van der Waals surface area contributed by atoms with Crippen LogP contribution in [0.5, 0.6) is 11.5 Å². The molecule has 2 aromatic carbocycles. The van der Waals surface area contributed by atoms with E-state index in [2.05, 4.69) is 10.3 Å². The third kappa shape index (κ3) is 5.37. The van der Waals surface area contributed by atoms with Crippen LogP contribution in [0.4, 0.5) is 20.3 Å². The maximum Gasteiger partial charge on any atom is 0.335 e. The molecule has 0 spiro atoms. The van der Waals surface area contributed by atoms with Gasteiger partial charge in [-0.2, -0.15) is 0 Å². The lowest BCUT2D eigenvalue weighted by atomic mass is 10.2. The number of nitrogen functional groups attached to an aromatic ring is 2. The summed E-state index contributed by atoms with van der Waals surface area (Å²) in [6, 6.07) is 9.09. The van der Waals surface area contributed by atoms with E-state index < -0.39 is 46.2 Å². The Morgan fingerprint density at radius 3 is 2.38 bits per heavy atom. The number of aromatic nitrogens is 3. The number of benzene rings is 2. The highest BCUT2D eigenvalue weighted by atomic mass is 19.1. The second-order valence-corrected chi connectivity index (χ2v) is 8.63. The Hall–Kier alpha value is -5.33. The molecule has 0 unspecified atom stereocenters. The molecule has 11 nitrogen and oxygen atoms in total. The average molecular weight is 536 g/mol. The molecule has 200 valence electrons. The minimum atomic E-state index is -0.937. The highest BCUT2D eigenvalue weighted by Gasteiger charge is 2.21. The number of hydrogen-bond acceptors (Lipinski definition) is 7. The Kier molecular flexibility index (Phi) is 7.25. The Morgan fingerprint density at radius 2 is 1.77 bits per heavy atom. The van der Waals surface area contributed by atoms with E-state index >= 15 is 0 Å². The van der Waals surface area contributed by atoms with Gasteiger partial charge in [0.15, 0.2) is 11.6 Å². The molecule has 0 radical (unpaired) electrons. The molecule has 4 rings (SSSR count). The first-order valence-electron chi connectivity index (χ1n) is 11.5. The van der Waals surface area contributed by atoms with Crippen molar-refractivity contribution < 1.29 is 18.3 Å². The number of rotatable bonds is 7. The van der Waals surface area contributed by atoms with Crippen molar-refractivity contribution >= 4 is 23.2 Å². The van der Waals surface area contributed by atoms with Gasteiger partial charge in [0.05, 0.1) is 5.69 Å². The molecule has 13 heteroatoms. The lowest BCUT2D eigenvalue weighted by Crippen LogP contribution is -2.42. The number of carbonyl (C=O) groups excluding carboxylic acids is 1. The fraction of sp³-hybridized carbons (Fsp3) is 0.115. The van der Waals surface area contributed by atoms with E-state index in [0.29, 0.717) is 0 Å². The lowest BCUT2D eigenvalue weighted by Gasteiger charge is -2.16. The normalized spacial score (nSPS) is 10.9. The van der Waals surface area contributed by atoms with Gasteiger partial charge >= 0.3 is 5.69 Å². The Morgan fingerprint density at radius 1 is 1.08 bits per heavy atom. The van der Waals surface area contributed by atoms with Crippen LogP contribution in [0.1, 0.15) is 35.8 Å². The standard InChI is InChI=1S/C26H23F2N7O4/c1-13(2)34-12-17(25(37)35(26(34)38)16-6-3-14(27)4-7-16)24(36)33-15-5-8-19(18(28)11-15)39-20-9-10-32-23(31)21(20)22(29)30/h3-13H,1-2H3,(H3,29,30)(H2,31,32)(H,33,36). The Labute approximate surface area is 219 Å². The number of carbonyl (C=O) groups is 1. The third-order valence-electron chi connectivity index (χ3n) is 5.62. The number of nitrogens with one attached hydrogen (secondary N) is 2. The van der Waals surface area contributed by atoms with Crippen LogP contribution in [0.25, 0.3) is 5.69 Å². The molecule has 0 aliphatic carbocycles. The number of nitrogens with two attached hydrogens (primary N) is 2. The van der Waals surface area contributed by atoms with Gasteiger partial charge in [0.1, 0.15) is 34.3 Å².